The van der Waals surface area contributed by atoms with E-state index in [2.05, 4.69) is 10.6 Å². The van der Waals surface area contributed by atoms with Crippen molar-refractivity contribution in [3.05, 3.63) is 95.0 Å². The number of amides is 2. The SMILES string of the molecule is COc1cc(-c2cccc(-c3cccc(NC(=O)C4=CC=CN(C)C4)c3C)c2C)cc(F)c1CN(C)[C@@H]1CNC(=O)C1. The molecule has 3 aromatic rings. The predicted molar refractivity (Wildman–Crippen MR) is 165 cm³/mol. The second-order valence-electron chi connectivity index (χ2n) is 11.1. The minimum absolute atomic E-state index is 0.0139. The molecule has 1 fully saturated rings. The van der Waals surface area contributed by atoms with Crippen molar-refractivity contribution in [3.8, 4) is 28.0 Å². The van der Waals surface area contributed by atoms with Crippen molar-refractivity contribution in [1.29, 1.82) is 0 Å². The van der Waals surface area contributed by atoms with Crippen LogP contribution in [0, 0.1) is 19.7 Å². The standard InChI is InChI=1S/C34H37FN4O3/c1-21-26(24-15-30(35)29(32(16-24)42-5)20-39(4)25-17-33(40)36-18-25)10-6-11-27(21)28-12-7-13-31(22(28)2)37-34(41)23-9-8-14-38(3)19-23/h6-16,25H,17-20H2,1-5H3,(H,36,40)(H,37,41)/t25-/m0/s1. The van der Waals surface area contributed by atoms with E-state index in [0.29, 0.717) is 42.9 Å². The molecule has 1 saturated heterocycles. The van der Waals surface area contributed by atoms with E-state index < -0.39 is 0 Å². The fraction of sp³-hybridized carbons (Fsp3) is 0.294. The summed E-state index contributed by atoms with van der Waals surface area (Å²) >= 11 is 0. The van der Waals surface area contributed by atoms with E-state index >= 15 is 4.39 Å². The first-order valence-corrected chi connectivity index (χ1v) is 14.1. The maximum absolute atomic E-state index is 15.6. The minimum Gasteiger partial charge on any atom is -0.496 e. The van der Waals surface area contributed by atoms with Gasteiger partial charge in [-0.05, 0) is 84.8 Å². The predicted octanol–water partition coefficient (Wildman–Crippen LogP) is 5.43. The highest BCUT2D eigenvalue weighted by molar-refractivity contribution is 6.05. The van der Waals surface area contributed by atoms with Crippen molar-refractivity contribution in [2.45, 2.75) is 32.9 Å². The first kappa shape index (κ1) is 29.1. The maximum atomic E-state index is 15.6. The Morgan fingerprint density at radius 2 is 1.83 bits per heavy atom. The van der Waals surface area contributed by atoms with E-state index in [0.717, 1.165) is 39.1 Å². The Labute approximate surface area is 246 Å². The van der Waals surface area contributed by atoms with Crippen LogP contribution in [0.5, 0.6) is 5.75 Å². The Hall–Kier alpha value is -4.43. The number of benzene rings is 3. The van der Waals surface area contributed by atoms with Gasteiger partial charge in [0.2, 0.25) is 5.91 Å². The molecule has 218 valence electrons. The number of halogens is 1. The van der Waals surface area contributed by atoms with Gasteiger partial charge in [0.1, 0.15) is 11.6 Å². The fourth-order valence-electron chi connectivity index (χ4n) is 5.72. The smallest absolute Gasteiger partial charge is 0.253 e. The van der Waals surface area contributed by atoms with Gasteiger partial charge in [-0.2, -0.15) is 0 Å². The first-order valence-electron chi connectivity index (χ1n) is 14.1. The normalized spacial score (nSPS) is 16.5. The van der Waals surface area contributed by atoms with Crippen molar-refractivity contribution >= 4 is 17.5 Å². The lowest BCUT2D eigenvalue weighted by molar-refractivity contribution is -0.119. The van der Waals surface area contributed by atoms with Gasteiger partial charge in [0.15, 0.2) is 0 Å². The number of hydrogen-bond acceptors (Lipinski definition) is 5. The van der Waals surface area contributed by atoms with Crippen LogP contribution in [0.3, 0.4) is 0 Å². The molecule has 7 nitrogen and oxygen atoms in total. The Morgan fingerprint density at radius 1 is 1.12 bits per heavy atom. The lowest BCUT2D eigenvalue weighted by Gasteiger charge is -2.24. The van der Waals surface area contributed by atoms with Crippen LogP contribution in [0.1, 0.15) is 23.1 Å². The lowest BCUT2D eigenvalue weighted by Crippen LogP contribution is -2.33. The van der Waals surface area contributed by atoms with Gasteiger partial charge in [-0.25, -0.2) is 4.39 Å². The second-order valence-corrected chi connectivity index (χ2v) is 11.1. The maximum Gasteiger partial charge on any atom is 0.253 e. The molecule has 0 unspecified atom stereocenters. The van der Waals surface area contributed by atoms with Gasteiger partial charge in [0.05, 0.1) is 7.11 Å². The van der Waals surface area contributed by atoms with E-state index in [1.54, 1.807) is 13.2 Å². The molecule has 0 bridgehead atoms. The third kappa shape index (κ3) is 5.94. The summed E-state index contributed by atoms with van der Waals surface area (Å²) < 4.78 is 21.3. The van der Waals surface area contributed by atoms with Gasteiger partial charge in [-0.15, -0.1) is 0 Å². The molecule has 2 N–H and O–H groups in total. The van der Waals surface area contributed by atoms with E-state index in [-0.39, 0.29) is 23.7 Å². The van der Waals surface area contributed by atoms with Crippen LogP contribution in [0.15, 0.2) is 72.5 Å². The number of anilines is 1. The molecular weight excluding hydrogens is 531 g/mol. The van der Waals surface area contributed by atoms with E-state index in [1.807, 2.05) is 98.6 Å². The van der Waals surface area contributed by atoms with Crippen molar-refractivity contribution in [2.24, 2.45) is 0 Å². The highest BCUT2D eigenvalue weighted by Crippen LogP contribution is 2.38. The number of nitrogens with zero attached hydrogens (tertiary/aromatic N) is 2. The highest BCUT2D eigenvalue weighted by atomic mass is 19.1. The van der Waals surface area contributed by atoms with Gasteiger partial charge in [0.25, 0.3) is 5.91 Å². The number of carbonyl (C=O) groups is 2. The number of hydrogen-bond donors (Lipinski definition) is 2. The zero-order chi connectivity index (χ0) is 30.0. The molecule has 1 atom stereocenters. The molecule has 0 saturated carbocycles. The fourth-order valence-corrected chi connectivity index (χ4v) is 5.72. The zero-order valence-electron chi connectivity index (χ0n) is 24.8. The molecule has 0 radical (unpaired) electrons. The molecule has 0 aliphatic carbocycles. The van der Waals surface area contributed by atoms with Crippen LogP contribution in [0.2, 0.25) is 0 Å². The third-order valence-electron chi connectivity index (χ3n) is 8.23. The molecule has 42 heavy (non-hydrogen) atoms. The van der Waals surface area contributed by atoms with Crippen LogP contribution < -0.4 is 15.4 Å². The molecule has 0 aromatic heterocycles. The van der Waals surface area contributed by atoms with Crippen LogP contribution in [0.4, 0.5) is 10.1 Å². The van der Waals surface area contributed by atoms with Crippen LogP contribution in [0.25, 0.3) is 22.3 Å². The molecule has 2 amide bonds. The van der Waals surface area contributed by atoms with Gasteiger partial charge in [-0.1, -0.05) is 36.4 Å². The van der Waals surface area contributed by atoms with Crippen LogP contribution >= 0.6 is 0 Å². The number of allylic oxidation sites excluding steroid dienone is 2. The second kappa shape index (κ2) is 12.2. The average Bonchev–Trinajstić information content (AvgIpc) is 3.41. The number of ether oxygens (including phenoxy) is 1. The largest absolute Gasteiger partial charge is 0.496 e. The van der Waals surface area contributed by atoms with Crippen LogP contribution in [-0.2, 0) is 16.1 Å². The number of nitrogens with one attached hydrogen (secondary N) is 2. The van der Waals surface area contributed by atoms with Crippen molar-refractivity contribution in [1.82, 2.24) is 15.1 Å². The topological polar surface area (TPSA) is 73.9 Å². The number of rotatable bonds is 8. The summed E-state index contributed by atoms with van der Waals surface area (Å²) in [7, 11) is 5.38. The monoisotopic (exact) mass is 568 g/mol. The van der Waals surface area contributed by atoms with E-state index in [4.69, 9.17) is 4.74 Å². The zero-order valence-corrected chi connectivity index (χ0v) is 24.8. The molecule has 2 aliphatic heterocycles. The van der Waals surface area contributed by atoms with Gasteiger partial charge < -0.3 is 20.3 Å². The third-order valence-corrected chi connectivity index (χ3v) is 8.23. The van der Waals surface area contributed by atoms with Gasteiger partial charge >= 0.3 is 0 Å². The summed E-state index contributed by atoms with van der Waals surface area (Å²) in [4.78, 5) is 28.6. The Kier molecular flexibility index (Phi) is 8.45. The lowest BCUT2D eigenvalue weighted by atomic mass is 9.90. The molecule has 2 heterocycles. The van der Waals surface area contributed by atoms with E-state index in [9.17, 15) is 9.59 Å². The summed E-state index contributed by atoms with van der Waals surface area (Å²) in [5, 5.41) is 5.92. The molecule has 0 spiro atoms. The highest BCUT2D eigenvalue weighted by Gasteiger charge is 2.27. The minimum atomic E-state index is -0.350. The summed E-state index contributed by atoms with van der Waals surface area (Å²) in [6, 6.07) is 15.3. The van der Waals surface area contributed by atoms with E-state index in [1.165, 1.54) is 0 Å². The summed E-state index contributed by atoms with van der Waals surface area (Å²) in [5.41, 5.74) is 7.46. The molecule has 2 aliphatic rings. The van der Waals surface area contributed by atoms with Crippen molar-refractivity contribution in [3.63, 3.8) is 0 Å². The Morgan fingerprint density at radius 3 is 2.52 bits per heavy atom. The molecular formula is C34H37FN4O3. The average molecular weight is 569 g/mol. The van der Waals surface area contributed by atoms with Crippen molar-refractivity contribution in [2.75, 3.05) is 39.6 Å². The molecule has 8 heteroatoms. The van der Waals surface area contributed by atoms with Crippen LogP contribution in [-0.4, -0.2) is 62.0 Å². The number of likely N-dealkylation sites (N-methyl/N-ethyl adjacent to an activating group) is 2. The van der Waals surface area contributed by atoms with Gasteiger partial charge in [-0.3, -0.25) is 14.5 Å². The first-order chi connectivity index (χ1) is 20.2. The summed E-state index contributed by atoms with van der Waals surface area (Å²) in [6.45, 7) is 5.46. The Bertz CT molecular complexity index is 1600. The van der Waals surface area contributed by atoms with Crippen molar-refractivity contribution < 1.29 is 18.7 Å². The quantitative estimate of drug-likeness (QED) is 0.379. The summed E-state index contributed by atoms with van der Waals surface area (Å²) in [6.07, 6.45) is 6.05. The molecule has 5 rings (SSSR count). The number of methoxy groups -OCH3 is 1. The number of carbonyl (C=O) groups excluding carboxylic acids is 2. The van der Waals surface area contributed by atoms with Gasteiger partial charge in [0, 0.05) is 56.0 Å². The summed E-state index contributed by atoms with van der Waals surface area (Å²) in [5.74, 6) is 0.00931. The Balaban J connectivity index is 1.44. The molecule has 3 aromatic carbocycles.